The molecule has 1 saturated heterocycles. The molecule has 1 aliphatic carbocycles. The smallest absolute Gasteiger partial charge is 0.289 e. The Bertz CT molecular complexity index is 877. The molecule has 1 saturated carbocycles. The fraction of sp³-hybridized carbons (Fsp3) is 0.600. The highest BCUT2D eigenvalue weighted by Crippen LogP contribution is 2.34. The first-order valence-electron chi connectivity index (χ1n) is 10.1. The van der Waals surface area contributed by atoms with Crippen LogP contribution in [0.25, 0.3) is 0 Å². The summed E-state index contributed by atoms with van der Waals surface area (Å²) < 4.78 is 7.44. The van der Waals surface area contributed by atoms with Gasteiger partial charge in [-0.05, 0) is 37.2 Å². The standard InChI is InChI=1S/C20H26N6O2/c1-28-20-13(4-3-7-21-20)9-25-10-14-8-17-23-24-18(26(17)12-15(14)11-25)19(27)22-16-5-2-6-16/h3-4,7,14-16H,2,5-6,8-12H2,1H3,(H,22,27)/t14-,15+/m0/s1. The highest BCUT2D eigenvalue weighted by Gasteiger charge is 2.39. The van der Waals surface area contributed by atoms with E-state index in [-0.39, 0.29) is 5.91 Å². The molecule has 0 unspecified atom stereocenters. The molecule has 8 heteroatoms. The Morgan fingerprint density at radius 3 is 2.89 bits per heavy atom. The number of fused-ring (bicyclic) bond motifs is 2. The maximum Gasteiger partial charge on any atom is 0.289 e. The zero-order valence-corrected chi connectivity index (χ0v) is 16.2. The first kappa shape index (κ1) is 17.6. The average Bonchev–Trinajstić information content (AvgIpc) is 3.25. The fourth-order valence-corrected chi connectivity index (χ4v) is 4.69. The number of nitrogens with one attached hydrogen (secondary N) is 1. The summed E-state index contributed by atoms with van der Waals surface area (Å²) in [5.41, 5.74) is 1.11. The highest BCUT2D eigenvalue weighted by molar-refractivity contribution is 5.91. The maximum atomic E-state index is 12.6. The van der Waals surface area contributed by atoms with Crippen molar-refractivity contribution < 1.29 is 9.53 Å². The minimum atomic E-state index is -0.0724. The summed E-state index contributed by atoms with van der Waals surface area (Å²) in [6, 6.07) is 4.34. The van der Waals surface area contributed by atoms with Crippen LogP contribution in [0.3, 0.4) is 0 Å². The molecule has 2 atom stereocenters. The van der Waals surface area contributed by atoms with Crippen molar-refractivity contribution in [2.45, 2.75) is 44.8 Å². The van der Waals surface area contributed by atoms with Crippen LogP contribution in [-0.4, -0.2) is 56.8 Å². The number of hydrogen-bond acceptors (Lipinski definition) is 6. The van der Waals surface area contributed by atoms with Gasteiger partial charge in [-0.1, -0.05) is 6.07 Å². The number of pyridine rings is 1. The number of methoxy groups -OCH3 is 1. The van der Waals surface area contributed by atoms with E-state index >= 15 is 0 Å². The van der Waals surface area contributed by atoms with Gasteiger partial charge in [-0.15, -0.1) is 10.2 Å². The Labute approximate surface area is 164 Å². The maximum absolute atomic E-state index is 12.6. The fourth-order valence-electron chi connectivity index (χ4n) is 4.69. The number of nitrogens with zero attached hydrogens (tertiary/aromatic N) is 5. The quantitative estimate of drug-likeness (QED) is 0.838. The van der Waals surface area contributed by atoms with Gasteiger partial charge in [-0.3, -0.25) is 9.69 Å². The minimum Gasteiger partial charge on any atom is -0.481 e. The number of likely N-dealkylation sites (tertiary alicyclic amines) is 1. The van der Waals surface area contributed by atoms with E-state index in [1.165, 1.54) is 6.42 Å². The second kappa shape index (κ2) is 7.16. The van der Waals surface area contributed by atoms with Crippen LogP contribution in [-0.2, 0) is 19.5 Å². The van der Waals surface area contributed by atoms with Crippen molar-refractivity contribution in [3.63, 3.8) is 0 Å². The monoisotopic (exact) mass is 382 g/mol. The van der Waals surface area contributed by atoms with Gasteiger partial charge in [-0.25, -0.2) is 4.98 Å². The summed E-state index contributed by atoms with van der Waals surface area (Å²) in [4.78, 5) is 19.3. The number of carbonyl (C=O) groups excluding carboxylic acids is 1. The Balaban J connectivity index is 1.27. The van der Waals surface area contributed by atoms with Crippen molar-refractivity contribution in [2.24, 2.45) is 11.8 Å². The molecule has 2 fully saturated rings. The Morgan fingerprint density at radius 1 is 1.25 bits per heavy atom. The SMILES string of the molecule is COc1ncccc1CN1C[C@@H]2Cn3c(nnc3C(=O)NC3CCC3)C[C@H]2C1. The van der Waals surface area contributed by atoms with Crippen LogP contribution in [0.5, 0.6) is 5.88 Å². The molecule has 148 valence electrons. The zero-order chi connectivity index (χ0) is 19.1. The minimum absolute atomic E-state index is 0.0724. The van der Waals surface area contributed by atoms with Crippen LogP contribution >= 0.6 is 0 Å². The first-order chi connectivity index (χ1) is 13.7. The van der Waals surface area contributed by atoms with E-state index in [4.69, 9.17) is 4.74 Å². The second-order valence-electron chi connectivity index (χ2n) is 8.24. The lowest BCUT2D eigenvalue weighted by Crippen LogP contribution is -2.41. The van der Waals surface area contributed by atoms with Crippen molar-refractivity contribution in [1.82, 2.24) is 30.0 Å². The zero-order valence-electron chi connectivity index (χ0n) is 16.2. The van der Waals surface area contributed by atoms with Gasteiger partial charge in [0.1, 0.15) is 5.82 Å². The van der Waals surface area contributed by atoms with Gasteiger partial charge in [0.25, 0.3) is 5.91 Å². The number of hydrogen-bond donors (Lipinski definition) is 1. The summed E-state index contributed by atoms with van der Waals surface area (Å²) in [5, 5.41) is 11.6. The molecular weight excluding hydrogens is 356 g/mol. The van der Waals surface area contributed by atoms with E-state index in [1.54, 1.807) is 13.3 Å². The molecule has 1 N–H and O–H groups in total. The summed E-state index contributed by atoms with van der Waals surface area (Å²) in [7, 11) is 1.66. The molecule has 0 aromatic carbocycles. The topological polar surface area (TPSA) is 85.2 Å². The predicted molar refractivity (Wildman–Crippen MR) is 102 cm³/mol. The third kappa shape index (κ3) is 3.15. The van der Waals surface area contributed by atoms with Gasteiger partial charge in [-0.2, -0.15) is 0 Å². The summed E-state index contributed by atoms with van der Waals surface area (Å²) in [6.45, 7) is 3.68. The van der Waals surface area contributed by atoms with Crippen LogP contribution in [0.4, 0.5) is 0 Å². The molecular formula is C20H26N6O2. The average molecular weight is 382 g/mol. The van der Waals surface area contributed by atoms with Gasteiger partial charge in [0.05, 0.1) is 7.11 Å². The van der Waals surface area contributed by atoms with E-state index in [9.17, 15) is 4.79 Å². The van der Waals surface area contributed by atoms with Gasteiger partial charge in [0.15, 0.2) is 0 Å². The van der Waals surface area contributed by atoms with Crippen LogP contribution in [0.1, 0.15) is 41.3 Å². The third-order valence-electron chi connectivity index (χ3n) is 6.42. The van der Waals surface area contributed by atoms with Crippen molar-refractivity contribution >= 4 is 5.91 Å². The molecule has 0 bridgehead atoms. The number of rotatable bonds is 5. The molecule has 2 aromatic heterocycles. The molecule has 0 spiro atoms. The summed E-state index contributed by atoms with van der Waals surface area (Å²) in [6.07, 6.45) is 5.99. The summed E-state index contributed by atoms with van der Waals surface area (Å²) in [5.74, 6) is 3.12. The van der Waals surface area contributed by atoms with Gasteiger partial charge in [0.2, 0.25) is 11.7 Å². The normalized spacial score (nSPS) is 24.3. The number of ether oxygens (including phenoxy) is 1. The molecule has 8 nitrogen and oxygen atoms in total. The number of carbonyl (C=O) groups is 1. The molecule has 5 rings (SSSR count). The van der Waals surface area contributed by atoms with E-state index < -0.39 is 0 Å². The van der Waals surface area contributed by atoms with E-state index in [0.29, 0.717) is 29.6 Å². The van der Waals surface area contributed by atoms with Crippen LogP contribution < -0.4 is 10.1 Å². The highest BCUT2D eigenvalue weighted by atomic mass is 16.5. The van der Waals surface area contributed by atoms with Gasteiger partial charge >= 0.3 is 0 Å². The Kier molecular flexibility index (Phi) is 4.50. The van der Waals surface area contributed by atoms with Crippen LogP contribution in [0.15, 0.2) is 18.3 Å². The lowest BCUT2D eigenvalue weighted by atomic mass is 9.89. The van der Waals surface area contributed by atoms with Gasteiger partial charge < -0.3 is 14.6 Å². The number of aromatic nitrogens is 4. The largest absolute Gasteiger partial charge is 0.481 e. The molecule has 0 radical (unpaired) electrons. The van der Waals surface area contributed by atoms with Crippen molar-refractivity contribution in [1.29, 1.82) is 0 Å². The lowest BCUT2D eigenvalue weighted by molar-refractivity contribution is 0.0898. The van der Waals surface area contributed by atoms with E-state index in [2.05, 4.69) is 31.5 Å². The van der Waals surface area contributed by atoms with E-state index in [0.717, 1.165) is 56.8 Å². The molecule has 2 aliphatic heterocycles. The first-order valence-corrected chi connectivity index (χ1v) is 10.1. The second-order valence-corrected chi connectivity index (χ2v) is 8.24. The predicted octanol–water partition coefficient (Wildman–Crippen LogP) is 1.27. The lowest BCUT2D eigenvalue weighted by Gasteiger charge is -2.28. The van der Waals surface area contributed by atoms with Crippen molar-refractivity contribution in [3.05, 3.63) is 35.5 Å². The Hall–Kier alpha value is -2.48. The Morgan fingerprint density at radius 2 is 2.11 bits per heavy atom. The van der Waals surface area contributed by atoms with E-state index in [1.807, 2.05) is 10.6 Å². The summed E-state index contributed by atoms with van der Waals surface area (Å²) >= 11 is 0. The molecule has 1 amide bonds. The molecule has 3 aliphatic rings. The molecule has 2 aromatic rings. The van der Waals surface area contributed by atoms with Crippen molar-refractivity contribution in [2.75, 3.05) is 20.2 Å². The van der Waals surface area contributed by atoms with Crippen molar-refractivity contribution in [3.8, 4) is 5.88 Å². The van der Waals surface area contributed by atoms with Crippen LogP contribution in [0, 0.1) is 11.8 Å². The third-order valence-corrected chi connectivity index (χ3v) is 6.42. The number of amides is 1. The molecule has 4 heterocycles. The van der Waals surface area contributed by atoms with Crippen LogP contribution in [0.2, 0.25) is 0 Å². The van der Waals surface area contributed by atoms with Gasteiger partial charge in [0, 0.05) is 50.4 Å². The molecule has 28 heavy (non-hydrogen) atoms.